The van der Waals surface area contributed by atoms with Crippen LogP contribution in [0.3, 0.4) is 0 Å². The van der Waals surface area contributed by atoms with Crippen molar-refractivity contribution in [3.63, 3.8) is 0 Å². The summed E-state index contributed by atoms with van der Waals surface area (Å²) in [5, 5.41) is 3.68. The fraction of sp³-hybridized carbons (Fsp3) is 0.400. The van der Waals surface area contributed by atoms with E-state index in [2.05, 4.69) is 9.68 Å². The number of hydrogen-bond donors (Lipinski definition) is 0. The van der Waals surface area contributed by atoms with Gasteiger partial charge in [0.15, 0.2) is 0 Å². The lowest BCUT2D eigenvalue weighted by atomic mass is 10.3. The minimum Gasteiger partial charge on any atom is -0.364 e. The Kier molecular flexibility index (Phi) is 2.47. The molecule has 0 aromatic carbocycles. The molecular weight excluding hydrogens is 233 g/mol. The lowest BCUT2D eigenvalue weighted by Crippen LogP contribution is -1.90. The molecule has 0 bridgehead atoms. The molecule has 4 heteroatoms. The Bertz CT molecular complexity index is 163. The molecule has 0 radical (unpaired) electrons. The van der Waals surface area contributed by atoms with Gasteiger partial charge in [0.25, 0.3) is 0 Å². The molecule has 1 aromatic heterocycles. The highest BCUT2D eigenvalue weighted by Crippen LogP contribution is 2.16. The van der Waals surface area contributed by atoms with Crippen LogP contribution in [-0.4, -0.2) is 5.16 Å². The first-order valence-corrected chi connectivity index (χ1v) is 3.40. The van der Waals surface area contributed by atoms with E-state index >= 15 is 0 Å². The molecule has 1 atom stereocenters. The van der Waals surface area contributed by atoms with Crippen molar-refractivity contribution in [1.29, 1.82) is 0 Å². The van der Waals surface area contributed by atoms with Crippen LogP contribution < -0.4 is 0 Å². The molecule has 0 aliphatic carbocycles. The molecule has 0 saturated heterocycles. The Morgan fingerprint density at radius 2 is 2.67 bits per heavy atom. The molecule has 50 valence electrons. The molecule has 1 aromatic rings. The van der Waals surface area contributed by atoms with Gasteiger partial charge in [-0.05, 0) is 6.92 Å². The van der Waals surface area contributed by atoms with Gasteiger partial charge in [-0.25, -0.2) is 0 Å². The maximum absolute atomic E-state index is 4.94. The quantitative estimate of drug-likeness (QED) is 0.741. The van der Waals surface area contributed by atoms with E-state index in [1.807, 2.05) is 29.9 Å². The largest absolute Gasteiger partial charge is 0.364 e. The van der Waals surface area contributed by atoms with Gasteiger partial charge in [-0.15, -0.1) is 0 Å². The highest BCUT2D eigenvalue weighted by Gasteiger charge is 2.05. The fourth-order valence-corrected chi connectivity index (χ4v) is 0.738. The number of rotatable bonds is 2. The van der Waals surface area contributed by atoms with Crippen LogP contribution in [0.1, 0.15) is 18.7 Å². The van der Waals surface area contributed by atoms with Crippen LogP contribution in [0.5, 0.6) is 0 Å². The normalized spacial score (nSPS) is 13.6. The number of nitrogens with zero attached hydrogens (tertiary/aromatic N) is 1. The van der Waals surface area contributed by atoms with Gasteiger partial charge in [-0.2, -0.15) is 0 Å². The summed E-state index contributed by atoms with van der Waals surface area (Å²) >= 11 is 1.83. The molecule has 1 rings (SSSR count). The zero-order chi connectivity index (χ0) is 6.69. The first kappa shape index (κ1) is 7.01. The third-order valence-corrected chi connectivity index (χ3v) is 1.77. The summed E-state index contributed by atoms with van der Waals surface area (Å²) in [5.74, 6) is 0. The van der Waals surface area contributed by atoms with E-state index in [0.717, 1.165) is 5.69 Å². The average Bonchev–Trinajstić information content (AvgIpc) is 2.37. The lowest BCUT2D eigenvalue weighted by Gasteiger charge is -1.99. The predicted octanol–water partition coefficient (Wildman–Crippen LogP) is 2.10. The molecule has 0 N–H and O–H groups in total. The van der Waals surface area contributed by atoms with E-state index in [1.54, 1.807) is 6.07 Å². The van der Waals surface area contributed by atoms with Gasteiger partial charge >= 0.3 is 0 Å². The Morgan fingerprint density at radius 3 is 3.11 bits per heavy atom. The lowest BCUT2D eigenvalue weighted by molar-refractivity contribution is 0.293. The Balaban J connectivity index is 2.65. The number of halogens is 1. The molecule has 1 unspecified atom stereocenters. The highest BCUT2D eigenvalue weighted by atomic mass is 127. The summed E-state index contributed by atoms with van der Waals surface area (Å²) in [6, 6.07) is 1.78. The second-order valence-corrected chi connectivity index (χ2v) is 2.16. The van der Waals surface area contributed by atoms with E-state index < -0.39 is 0 Å². The SMILES string of the molecule is CC(OI)c1ccon1. The summed E-state index contributed by atoms with van der Waals surface area (Å²) in [5.41, 5.74) is 0.824. The van der Waals surface area contributed by atoms with E-state index in [1.165, 1.54) is 6.26 Å². The first-order valence-electron chi connectivity index (χ1n) is 2.52. The van der Waals surface area contributed by atoms with Gasteiger partial charge in [0.05, 0.1) is 0 Å². The van der Waals surface area contributed by atoms with Crippen LogP contribution in [0.15, 0.2) is 16.9 Å². The van der Waals surface area contributed by atoms with Gasteiger partial charge in [-0.1, -0.05) is 5.16 Å². The Hall–Kier alpha value is -0.100. The predicted molar refractivity (Wildman–Crippen MR) is 40.0 cm³/mol. The number of aromatic nitrogens is 1. The van der Waals surface area contributed by atoms with Crippen molar-refractivity contribution >= 4 is 23.0 Å². The van der Waals surface area contributed by atoms with Crippen molar-refractivity contribution in [2.24, 2.45) is 0 Å². The van der Waals surface area contributed by atoms with E-state index in [-0.39, 0.29) is 6.10 Å². The monoisotopic (exact) mass is 239 g/mol. The van der Waals surface area contributed by atoms with Gasteiger partial charge < -0.3 is 7.59 Å². The molecule has 0 fully saturated rings. The summed E-state index contributed by atoms with van der Waals surface area (Å²) in [7, 11) is 0. The molecule has 9 heavy (non-hydrogen) atoms. The van der Waals surface area contributed by atoms with Crippen LogP contribution in [0.4, 0.5) is 0 Å². The highest BCUT2D eigenvalue weighted by molar-refractivity contribution is 14.1. The van der Waals surface area contributed by atoms with Crippen molar-refractivity contribution in [3.05, 3.63) is 18.0 Å². The third kappa shape index (κ3) is 1.65. The first-order chi connectivity index (χ1) is 4.34. The minimum atomic E-state index is 0.0179. The second kappa shape index (κ2) is 3.17. The van der Waals surface area contributed by atoms with Crippen molar-refractivity contribution in [3.8, 4) is 0 Å². The molecular formula is C5H6INO2. The molecule has 3 nitrogen and oxygen atoms in total. The zero-order valence-electron chi connectivity index (χ0n) is 4.87. The molecule has 0 aliphatic heterocycles. The van der Waals surface area contributed by atoms with Gasteiger partial charge in [0.2, 0.25) is 0 Å². The summed E-state index contributed by atoms with van der Waals surface area (Å²) in [6.45, 7) is 1.91. The van der Waals surface area contributed by atoms with Crippen LogP contribution in [0, 0.1) is 0 Å². The molecule has 1 heterocycles. The van der Waals surface area contributed by atoms with Crippen molar-refractivity contribution in [1.82, 2.24) is 5.16 Å². The third-order valence-electron chi connectivity index (χ3n) is 1.01. The van der Waals surface area contributed by atoms with Crippen molar-refractivity contribution < 1.29 is 7.59 Å². The van der Waals surface area contributed by atoms with Gasteiger partial charge in [0, 0.05) is 6.07 Å². The number of hydrogen-bond acceptors (Lipinski definition) is 3. The van der Waals surface area contributed by atoms with Crippen molar-refractivity contribution in [2.75, 3.05) is 0 Å². The maximum atomic E-state index is 4.94. The van der Waals surface area contributed by atoms with Crippen LogP contribution in [-0.2, 0) is 3.07 Å². The molecule has 0 spiro atoms. The van der Waals surface area contributed by atoms with E-state index in [4.69, 9.17) is 3.07 Å². The molecule has 0 saturated carbocycles. The van der Waals surface area contributed by atoms with Gasteiger partial charge in [0.1, 0.15) is 41.1 Å². The molecule has 0 aliphatic rings. The maximum Gasteiger partial charge on any atom is 0.124 e. The smallest absolute Gasteiger partial charge is 0.124 e. The Morgan fingerprint density at radius 1 is 1.89 bits per heavy atom. The minimum absolute atomic E-state index is 0.0179. The zero-order valence-corrected chi connectivity index (χ0v) is 7.03. The van der Waals surface area contributed by atoms with Gasteiger partial charge in [-0.3, -0.25) is 0 Å². The van der Waals surface area contributed by atoms with Crippen LogP contribution in [0.25, 0.3) is 0 Å². The standard InChI is InChI=1S/C5H6INO2/c1-4(9-6)5-2-3-8-7-5/h2-4H,1H3. The summed E-state index contributed by atoms with van der Waals surface area (Å²) < 4.78 is 9.55. The van der Waals surface area contributed by atoms with E-state index in [0.29, 0.717) is 0 Å². The van der Waals surface area contributed by atoms with Crippen LogP contribution in [0.2, 0.25) is 0 Å². The fourth-order valence-electron chi connectivity index (χ4n) is 0.477. The second-order valence-electron chi connectivity index (χ2n) is 1.66. The summed E-state index contributed by atoms with van der Waals surface area (Å²) in [4.78, 5) is 0. The molecule has 0 amide bonds. The average molecular weight is 239 g/mol. The topological polar surface area (TPSA) is 35.3 Å². The van der Waals surface area contributed by atoms with Crippen LogP contribution >= 0.6 is 23.0 Å². The summed E-state index contributed by atoms with van der Waals surface area (Å²) in [6.07, 6.45) is 1.55. The Labute approximate surface area is 67.1 Å². The van der Waals surface area contributed by atoms with E-state index in [9.17, 15) is 0 Å². The van der Waals surface area contributed by atoms with Crippen molar-refractivity contribution in [2.45, 2.75) is 13.0 Å².